The smallest absolute Gasteiger partial charge is 1.00 e. The zero-order valence-electron chi connectivity index (χ0n) is 5.73. The van der Waals surface area contributed by atoms with Gasteiger partial charge < -0.3 is 16.4 Å². The second-order valence-corrected chi connectivity index (χ2v) is 1.92. The van der Waals surface area contributed by atoms with Crippen LogP contribution in [0.4, 0.5) is 0 Å². The summed E-state index contributed by atoms with van der Waals surface area (Å²) >= 11 is 1.80. The van der Waals surface area contributed by atoms with Gasteiger partial charge in [0.1, 0.15) is 0 Å². The Hall–Kier alpha value is 0.490. The van der Waals surface area contributed by atoms with Crippen LogP contribution in [0.5, 0.6) is 0 Å². The van der Waals surface area contributed by atoms with E-state index in [4.69, 9.17) is 0 Å². The molecule has 0 bridgehead atoms. The molecule has 0 aliphatic heterocycles. The molecule has 0 unspecified atom stereocenters. The summed E-state index contributed by atoms with van der Waals surface area (Å²) < 4.78 is 0. The predicted octanol–water partition coefficient (Wildman–Crippen LogP) is -6.76. The molecule has 0 aliphatic rings. The molecule has 57 valence electrons. The Labute approximate surface area is 79.5 Å². The molecular formula is C3H10GeLiO5. The molecule has 5 nitrogen and oxygen atoms in total. The number of hydrogen-bond acceptors (Lipinski definition) is 2. The molecule has 6 N–H and O–H groups in total. The van der Waals surface area contributed by atoms with Crippen LogP contribution in [0.2, 0.25) is 5.25 Å². The van der Waals surface area contributed by atoms with Gasteiger partial charge in [0.2, 0.25) is 0 Å². The van der Waals surface area contributed by atoms with Crippen molar-refractivity contribution in [2.45, 2.75) is 11.7 Å². The summed E-state index contributed by atoms with van der Waals surface area (Å²) in [7, 11) is 0. The van der Waals surface area contributed by atoms with Crippen LogP contribution in [-0.2, 0) is 4.79 Å². The van der Waals surface area contributed by atoms with Gasteiger partial charge in [0.25, 0.3) is 0 Å². The van der Waals surface area contributed by atoms with Crippen LogP contribution in [0.1, 0.15) is 6.42 Å². The van der Waals surface area contributed by atoms with E-state index in [2.05, 4.69) is 0 Å². The van der Waals surface area contributed by atoms with Crippen molar-refractivity contribution in [2.75, 3.05) is 0 Å². The fraction of sp³-hybridized carbons (Fsp3) is 0.667. The van der Waals surface area contributed by atoms with Gasteiger partial charge in [-0.3, -0.25) is 0 Å². The molecule has 0 saturated carbocycles. The van der Waals surface area contributed by atoms with E-state index in [1.54, 1.807) is 16.5 Å². The summed E-state index contributed by atoms with van der Waals surface area (Å²) in [5, 5.41) is 10.2. The molecule has 0 aromatic carbocycles. The standard InChI is InChI=1S/C3H5GeO2.Li.3H2O/c4-2-1-3(5)6;;;;/h1-2H2,(H,5,6);;3*1H2/q;+1;;;/p-1. The minimum Gasteiger partial charge on any atom is 1.00 e. The first kappa shape index (κ1) is 31.3. The Morgan fingerprint density at radius 1 is 1.30 bits per heavy atom. The maximum Gasteiger partial charge on any atom is 1.00 e. The second-order valence-electron chi connectivity index (χ2n) is 0.872. The molecule has 10 heavy (non-hydrogen) atoms. The first-order chi connectivity index (χ1) is 2.77. The van der Waals surface area contributed by atoms with E-state index in [0.717, 1.165) is 0 Å². The minimum absolute atomic E-state index is 0. The summed E-state index contributed by atoms with van der Waals surface area (Å²) in [6, 6.07) is 0. The van der Waals surface area contributed by atoms with E-state index >= 15 is 0 Å². The van der Waals surface area contributed by atoms with E-state index in [0.29, 0.717) is 5.25 Å². The van der Waals surface area contributed by atoms with Crippen LogP contribution in [0, 0.1) is 0 Å². The van der Waals surface area contributed by atoms with E-state index < -0.39 is 5.97 Å². The number of carboxylic acid groups (broad SMARTS) is 1. The number of hydrogen-bond donors (Lipinski definition) is 0. The van der Waals surface area contributed by atoms with Crippen LogP contribution < -0.4 is 24.0 Å². The van der Waals surface area contributed by atoms with Gasteiger partial charge in [0.15, 0.2) is 0 Å². The number of aliphatic carboxylic acids is 1. The van der Waals surface area contributed by atoms with Gasteiger partial charge in [-0.15, -0.1) is 0 Å². The third-order valence-corrected chi connectivity index (χ3v) is 0.854. The van der Waals surface area contributed by atoms with Crippen molar-refractivity contribution in [2.24, 2.45) is 0 Å². The molecule has 0 saturated heterocycles. The largest absolute Gasteiger partial charge is 1.00 e. The molecule has 0 spiro atoms. The first-order valence-corrected chi connectivity index (χ1v) is 3.10. The third-order valence-electron chi connectivity index (χ3n) is 0.329. The zero-order chi connectivity index (χ0) is 4.99. The summed E-state index contributed by atoms with van der Waals surface area (Å²) in [4.78, 5) is 9.49. The SMILES string of the molecule is O.O.O.O=C([O-])C[CH2][Ge].[Li+]. The second kappa shape index (κ2) is 22.7. The molecule has 0 aliphatic carbocycles. The van der Waals surface area contributed by atoms with Crippen LogP contribution in [-0.4, -0.2) is 38.9 Å². The number of carbonyl (C=O) groups is 1. The van der Waals surface area contributed by atoms with Crippen molar-refractivity contribution in [3.8, 4) is 0 Å². The number of rotatable bonds is 2. The van der Waals surface area contributed by atoms with Gasteiger partial charge in [0, 0.05) is 0 Å². The molecule has 0 fully saturated rings. The van der Waals surface area contributed by atoms with Crippen molar-refractivity contribution in [3.63, 3.8) is 0 Å². The summed E-state index contributed by atoms with van der Waals surface area (Å²) in [5.41, 5.74) is 0. The van der Waals surface area contributed by atoms with Crippen molar-refractivity contribution in [3.05, 3.63) is 0 Å². The quantitative estimate of drug-likeness (QED) is 0.414. The van der Waals surface area contributed by atoms with Crippen molar-refractivity contribution < 1.29 is 45.2 Å². The Morgan fingerprint density at radius 2 is 1.60 bits per heavy atom. The Kier molecular flexibility index (Phi) is 71.1. The van der Waals surface area contributed by atoms with E-state index in [1.807, 2.05) is 0 Å². The summed E-state index contributed by atoms with van der Waals surface area (Å²) in [6.45, 7) is 0. The molecule has 0 aromatic rings. The predicted molar refractivity (Wildman–Crippen MR) is 31.0 cm³/mol. The summed E-state index contributed by atoms with van der Waals surface area (Å²) in [5.74, 6) is -0.961. The molecule has 0 atom stereocenters. The van der Waals surface area contributed by atoms with Gasteiger partial charge in [-0.1, -0.05) is 0 Å². The van der Waals surface area contributed by atoms with Crippen molar-refractivity contribution in [1.29, 1.82) is 0 Å². The molecule has 0 heterocycles. The van der Waals surface area contributed by atoms with Crippen molar-refractivity contribution in [1.82, 2.24) is 0 Å². The first-order valence-electron chi connectivity index (χ1n) is 1.62. The third kappa shape index (κ3) is 39.1. The maximum absolute atomic E-state index is 9.49. The molecular weight excluding hydrogens is 196 g/mol. The van der Waals surface area contributed by atoms with E-state index in [1.165, 1.54) is 0 Å². The molecule has 3 radical (unpaired) electrons. The number of carboxylic acids is 1. The molecule has 0 rings (SSSR count). The zero-order valence-corrected chi connectivity index (χ0v) is 7.83. The normalized spacial score (nSPS) is 4.90. The van der Waals surface area contributed by atoms with Crippen LogP contribution in [0.25, 0.3) is 0 Å². The Bertz CT molecular complexity index is 60.9. The summed E-state index contributed by atoms with van der Waals surface area (Å²) in [6.07, 6.45) is 0.181. The minimum atomic E-state index is -0.961. The maximum atomic E-state index is 9.49. The fourth-order valence-electron chi connectivity index (χ4n) is 0.102. The Morgan fingerprint density at radius 3 is 1.60 bits per heavy atom. The van der Waals surface area contributed by atoms with Gasteiger partial charge in [-0.05, 0) is 0 Å². The van der Waals surface area contributed by atoms with Gasteiger partial charge in [-0.2, -0.15) is 0 Å². The van der Waals surface area contributed by atoms with E-state index in [-0.39, 0.29) is 41.7 Å². The van der Waals surface area contributed by atoms with Crippen LogP contribution in [0.15, 0.2) is 0 Å². The monoisotopic (exact) mass is 207 g/mol. The van der Waals surface area contributed by atoms with Crippen LogP contribution in [0.3, 0.4) is 0 Å². The average Bonchev–Trinajstić information content (AvgIpc) is 1.35. The average molecular weight is 206 g/mol. The Balaban J connectivity index is -0.0000000208. The van der Waals surface area contributed by atoms with Gasteiger partial charge in [0.05, 0.1) is 0 Å². The van der Waals surface area contributed by atoms with E-state index in [9.17, 15) is 9.90 Å². The topological polar surface area (TPSA) is 135 Å². The molecule has 7 heteroatoms. The van der Waals surface area contributed by atoms with Gasteiger partial charge >= 0.3 is 62.9 Å². The van der Waals surface area contributed by atoms with Crippen LogP contribution >= 0.6 is 0 Å². The number of carbonyl (C=O) groups excluding carboxylic acids is 1. The van der Waals surface area contributed by atoms with Gasteiger partial charge in [-0.25, -0.2) is 0 Å². The van der Waals surface area contributed by atoms with Crippen molar-refractivity contribution >= 4 is 22.5 Å². The molecule has 0 amide bonds. The molecule has 0 aromatic heterocycles. The fourth-order valence-corrected chi connectivity index (χ4v) is 0.530.